The van der Waals surface area contributed by atoms with Crippen LogP contribution >= 0.6 is 0 Å². The van der Waals surface area contributed by atoms with Gasteiger partial charge in [-0.1, -0.05) is 97.6 Å². The number of nitrogens with one attached hydrogen (secondary N) is 11. The first-order chi connectivity index (χ1) is 44.7. The molecule has 1 aromatic carbocycles. The average molecular weight is 1350 g/mol. The van der Waals surface area contributed by atoms with Gasteiger partial charge in [0, 0.05) is 38.3 Å². The lowest BCUT2D eigenvalue weighted by atomic mass is 10.0. The van der Waals surface area contributed by atoms with Crippen molar-refractivity contribution in [2.45, 2.75) is 250 Å². The Morgan fingerprint density at radius 3 is 1.06 bits per heavy atom. The molecule has 0 aliphatic carbocycles. The van der Waals surface area contributed by atoms with Crippen molar-refractivity contribution in [1.29, 1.82) is 0 Å². The van der Waals surface area contributed by atoms with Crippen LogP contribution in [0.2, 0.25) is 0 Å². The van der Waals surface area contributed by atoms with E-state index in [9.17, 15) is 92.3 Å². The highest BCUT2D eigenvalue weighted by Crippen LogP contribution is 2.14. The van der Waals surface area contributed by atoms with Crippen molar-refractivity contribution in [2.24, 2.45) is 23.3 Å². The van der Waals surface area contributed by atoms with E-state index in [1.54, 1.807) is 58.0 Å². The van der Waals surface area contributed by atoms with Gasteiger partial charge in [0.15, 0.2) is 0 Å². The van der Waals surface area contributed by atoms with Gasteiger partial charge in [0.25, 0.3) is 0 Å². The van der Waals surface area contributed by atoms with E-state index >= 15 is 0 Å². The highest BCUT2D eigenvalue weighted by Gasteiger charge is 2.37. The summed E-state index contributed by atoms with van der Waals surface area (Å²) in [6.45, 7) is 14.2. The zero-order chi connectivity index (χ0) is 71.9. The van der Waals surface area contributed by atoms with Crippen molar-refractivity contribution in [3.05, 3.63) is 35.9 Å². The van der Waals surface area contributed by atoms with Crippen molar-refractivity contribution in [1.82, 2.24) is 58.5 Å². The first-order valence-electron chi connectivity index (χ1n) is 32.4. The van der Waals surface area contributed by atoms with E-state index in [4.69, 9.17) is 11.5 Å². The summed E-state index contributed by atoms with van der Waals surface area (Å²) in [7, 11) is 0. The summed E-state index contributed by atoms with van der Waals surface area (Å²) < 4.78 is 0. The number of rotatable bonds is 50. The number of carbonyl (C=O) groups excluding carboxylic acids is 11. The number of aliphatic carboxylic acids is 4. The van der Waals surface area contributed by atoms with Crippen LogP contribution in [0, 0.1) is 11.8 Å². The number of unbranched alkanes of at least 4 members (excludes halogenated alkanes) is 3. The van der Waals surface area contributed by atoms with Crippen LogP contribution < -0.4 is 70.0 Å². The minimum Gasteiger partial charge on any atom is -0.481 e. The zero-order valence-electron chi connectivity index (χ0n) is 55.8. The Labute approximate surface area is 554 Å². The van der Waals surface area contributed by atoms with Gasteiger partial charge in [-0.3, -0.25) is 71.9 Å². The summed E-state index contributed by atoms with van der Waals surface area (Å²) in [5, 5.41) is 66.5. The van der Waals surface area contributed by atoms with Crippen LogP contribution in [-0.4, -0.2) is 182 Å². The predicted octanol–water partition coefficient (Wildman–Crippen LogP) is -0.421. The Bertz CT molecular complexity index is 2720. The fourth-order valence-corrected chi connectivity index (χ4v) is 9.33. The van der Waals surface area contributed by atoms with Crippen molar-refractivity contribution in [3.63, 3.8) is 0 Å². The Balaban J connectivity index is 3.64. The van der Waals surface area contributed by atoms with Gasteiger partial charge in [-0.25, -0.2) is 0 Å². The Morgan fingerprint density at radius 1 is 0.389 bits per heavy atom. The molecule has 0 bridgehead atoms. The highest BCUT2D eigenvalue weighted by molar-refractivity contribution is 5.99. The van der Waals surface area contributed by atoms with E-state index in [2.05, 4.69) is 58.5 Å². The summed E-state index contributed by atoms with van der Waals surface area (Å²) in [4.78, 5) is 199. The second-order valence-electron chi connectivity index (χ2n) is 24.3. The zero-order valence-corrected chi connectivity index (χ0v) is 55.8. The largest absolute Gasteiger partial charge is 0.481 e. The molecule has 1 rings (SSSR count). The van der Waals surface area contributed by atoms with Gasteiger partial charge < -0.3 is 90.4 Å². The maximum absolute atomic E-state index is 14.4. The molecule has 0 saturated heterocycles. The smallest absolute Gasteiger partial charge is 0.305 e. The van der Waals surface area contributed by atoms with Gasteiger partial charge in [-0.2, -0.15) is 0 Å². The third-order valence-electron chi connectivity index (χ3n) is 15.2. The molecule has 0 heterocycles. The SMILES string of the molecule is CCCC[C@H](NC(=O)[C@H](CCC(N)=O)NC(=O)[C@H](CCCCN)NC(=O)[C@@H](CCCC)NC(=O)[C@H](CC(C)C)NC(=O)[C@H](CC(=O)O)NCc1ccccc1)C(=O)N[C@@H](CCC(=O)O)C(=O)N[C@@H](CCC(=O)O)C(=O)N[C@@H](CCC(=O)O)C(=O)N[C@@H](C)C(=O)N[C@H](C)C(C)C. The molecular formula is C63H103N13O19. The molecule has 0 unspecified atom stereocenters. The maximum atomic E-state index is 14.4. The standard InChI is InChI=1S/C63H103N13O19/c1-9-11-20-40(57(89)74-45(25-29-51(80)81)61(93)75-46(26-30-52(82)83)60(92)73-44(24-28-50(78)79)55(87)68-38(8)54(86)67-37(7)36(5)6)69-59(91)43(23-27-49(65)77)72-58(90)42(22-16-17-31-64)70-56(88)41(21-12-10-2)71-63(95)48(32-35(3)4)76-62(94)47(33-53(84)85)66-34-39-18-14-13-15-19-39/h13-15,18-19,35-38,40-48,66H,9-12,16-17,20-34,64H2,1-8H3,(H2,65,77)(H,67,86)(H,68,87)(H,69,91)(H,70,88)(H,71,95)(H,72,90)(H,73,92)(H,74,89)(H,75,93)(H,76,94)(H,78,79)(H,80,81)(H,82,83)(H,84,85)/t37-,38+,40+,41-,42+,43+,44+,45+,46+,47+,48+/m1/s1. The maximum Gasteiger partial charge on any atom is 0.305 e. The Kier molecular flexibility index (Phi) is 40.3. The van der Waals surface area contributed by atoms with Crippen molar-refractivity contribution >= 4 is 88.9 Å². The van der Waals surface area contributed by atoms with Crippen molar-refractivity contribution in [2.75, 3.05) is 6.54 Å². The third kappa shape index (κ3) is 35.3. The van der Waals surface area contributed by atoms with Crippen LogP contribution in [0.3, 0.4) is 0 Å². The van der Waals surface area contributed by atoms with Gasteiger partial charge in [-0.05, 0) is 102 Å². The summed E-state index contributed by atoms with van der Waals surface area (Å²) in [5.74, 6) is -16.2. The molecule has 32 nitrogen and oxygen atoms in total. The minimum atomic E-state index is -1.83. The molecule has 95 heavy (non-hydrogen) atoms. The quantitative estimate of drug-likeness (QED) is 0.0368. The van der Waals surface area contributed by atoms with Crippen molar-refractivity contribution in [3.8, 4) is 0 Å². The number of hydrogen-bond acceptors (Lipinski definition) is 17. The molecular weight excluding hydrogens is 1240 g/mol. The van der Waals surface area contributed by atoms with E-state index in [-0.39, 0.29) is 69.5 Å². The molecule has 1 aromatic rings. The molecule has 19 N–H and O–H groups in total. The van der Waals surface area contributed by atoms with Crippen LogP contribution in [0.1, 0.15) is 183 Å². The second-order valence-corrected chi connectivity index (χ2v) is 24.3. The van der Waals surface area contributed by atoms with Crippen molar-refractivity contribution < 1.29 is 92.3 Å². The first kappa shape index (κ1) is 84.2. The fourth-order valence-electron chi connectivity index (χ4n) is 9.33. The van der Waals surface area contributed by atoms with Gasteiger partial charge in [0.1, 0.15) is 54.4 Å². The van der Waals surface area contributed by atoms with Gasteiger partial charge in [0.2, 0.25) is 65.0 Å². The minimum absolute atomic E-state index is 0.0120. The van der Waals surface area contributed by atoms with E-state index in [0.717, 1.165) is 5.56 Å². The molecule has 0 aromatic heterocycles. The number of carboxylic acids is 4. The molecule has 11 amide bonds. The average Bonchev–Trinajstić information content (AvgIpc) is 0.925. The lowest BCUT2D eigenvalue weighted by Crippen LogP contribution is -2.60. The monoisotopic (exact) mass is 1350 g/mol. The number of carboxylic acid groups (broad SMARTS) is 4. The third-order valence-corrected chi connectivity index (χ3v) is 15.2. The topological polar surface area (TPSA) is 521 Å². The fraction of sp³-hybridized carbons (Fsp3) is 0.667. The summed E-state index contributed by atoms with van der Waals surface area (Å²) in [6.07, 6.45) is -3.49. The highest BCUT2D eigenvalue weighted by atomic mass is 16.4. The van der Waals surface area contributed by atoms with E-state index < -0.39 is 207 Å². The molecule has 0 aliphatic heterocycles. The number of benzene rings is 1. The molecule has 0 aliphatic rings. The molecule has 0 saturated carbocycles. The Morgan fingerprint density at radius 2 is 0.726 bits per heavy atom. The van der Waals surface area contributed by atoms with Crippen LogP contribution in [0.4, 0.5) is 0 Å². The molecule has 32 heteroatoms. The summed E-state index contributed by atoms with van der Waals surface area (Å²) in [5.41, 5.74) is 12.0. The predicted molar refractivity (Wildman–Crippen MR) is 345 cm³/mol. The Hall–Kier alpha value is -8.81. The van der Waals surface area contributed by atoms with Gasteiger partial charge in [0.05, 0.1) is 12.5 Å². The normalized spacial score (nSPS) is 14.6. The second kappa shape index (κ2) is 45.5. The lowest BCUT2D eigenvalue weighted by Gasteiger charge is -2.28. The molecule has 0 radical (unpaired) electrons. The van der Waals surface area contributed by atoms with E-state index in [1.807, 2.05) is 20.8 Å². The van der Waals surface area contributed by atoms with E-state index in [0.29, 0.717) is 25.7 Å². The van der Waals surface area contributed by atoms with Crippen LogP contribution in [0.15, 0.2) is 30.3 Å². The number of nitrogens with two attached hydrogens (primary N) is 2. The van der Waals surface area contributed by atoms with Gasteiger partial charge >= 0.3 is 23.9 Å². The number of carbonyl (C=O) groups is 15. The van der Waals surface area contributed by atoms with Crippen LogP contribution in [0.5, 0.6) is 0 Å². The molecule has 0 spiro atoms. The molecule has 11 atom stereocenters. The lowest BCUT2D eigenvalue weighted by molar-refractivity contribution is -0.140. The number of amides is 11. The van der Waals surface area contributed by atoms with Crippen LogP contribution in [0.25, 0.3) is 0 Å². The summed E-state index contributed by atoms with van der Waals surface area (Å²) in [6, 6.07) is -6.39. The van der Waals surface area contributed by atoms with E-state index in [1.165, 1.54) is 6.92 Å². The number of hydrogen-bond donors (Lipinski definition) is 17. The summed E-state index contributed by atoms with van der Waals surface area (Å²) >= 11 is 0. The number of primary amides is 1. The van der Waals surface area contributed by atoms with Gasteiger partial charge in [-0.15, -0.1) is 0 Å². The van der Waals surface area contributed by atoms with Crippen LogP contribution in [-0.2, 0) is 78.5 Å². The molecule has 0 fully saturated rings. The molecule has 534 valence electrons. The first-order valence-corrected chi connectivity index (χ1v) is 32.4.